The molecule has 0 aliphatic rings. The lowest BCUT2D eigenvalue weighted by Crippen LogP contribution is -2.14. The summed E-state index contributed by atoms with van der Waals surface area (Å²) in [6.07, 6.45) is 0. The first-order valence-electron chi connectivity index (χ1n) is 4.08. The summed E-state index contributed by atoms with van der Waals surface area (Å²) >= 11 is 0. The largest absolute Gasteiger partial charge is 0.334 e. The number of hydrogen-bond donors (Lipinski definition) is 0. The third-order valence-electron chi connectivity index (χ3n) is 1.04. The SMILES string of the molecule is CCOP(OCC)C(C)(C)C. The average Bonchev–Trinajstić information content (AvgIpc) is 1.85. The summed E-state index contributed by atoms with van der Waals surface area (Å²) in [5.74, 6) is 0. The Morgan fingerprint density at radius 3 is 1.55 bits per heavy atom. The molecule has 68 valence electrons. The van der Waals surface area contributed by atoms with E-state index in [4.69, 9.17) is 9.05 Å². The molecule has 3 heteroatoms. The highest BCUT2D eigenvalue weighted by Crippen LogP contribution is 2.50. The molecule has 0 aromatic heterocycles. The van der Waals surface area contributed by atoms with Crippen LogP contribution in [-0.2, 0) is 9.05 Å². The van der Waals surface area contributed by atoms with Crippen LogP contribution in [0.2, 0.25) is 0 Å². The minimum absolute atomic E-state index is 0.140. The summed E-state index contributed by atoms with van der Waals surface area (Å²) in [5, 5.41) is 0.140. The Bertz CT molecular complexity index is 92.8. The van der Waals surface area contributed by atoms with Crippen LogP contribution in [0, 0.1) is 0 Å². The molecule has 0 aliphatic heterocycles. The molecule has 0 saturated carbocycles. The highest BCUT2D eigenvalue weighted by Gasteiger charge is 2.26. The first-order valence-corrected chi connectivity index (χ1v) is 5.26. The third-order valence-corrected chi connectivity index (χ3v) is 3.12. The van der Waals surface area contributed by atoms with Crippen LogP contribution in [0.3, 0.4) is 0 Å². The van der Waals surface area contributed by atoms with Gasteiger partial charge in [0.05, 0.1) is 13.2 Å². The van der Waals surface area contributed by atoms with Gasteiger partial charge in [-0.05, 0) is 13.8 Å². The van der Waals surface area contributed by atoms with Gasteiger partial charge in [0, 0.05) is 5.16 Å². The van der Waals surface area contributed by atoms with Crippen LogP contribution >= 0.6 is 8.38 Å². The zero-order chi connectivity index (χ0) is 8.91. The molecular formula is C8H19O2P. The maximum Gasteiger partial charge on any atom is 0.176 e. The van der Waals surface area contributed by atoms with E-state index in [9.17, 15) is 0 Å². The Morgan fingerprint density at radius 1 is 1.00 bits per heavy atom. The molecule has 0 unspecified atom stereocenters. The van der Waals surface area contributed by atoms with Crippen molar-refractivity contribution in [1.82, 2.24) is 0 Å². The standard InChI is InChI=1S/C8H19O2P/c1-6-9-11(10-7-2)8(3,4)5/h6-7H2,1-5H3. The van der Waals surface area contributed by atoms with Gasteiger partial charge in [-0.3, -0.25) is 0 Å². The van der Waals surface area contributed by atoms with E-state index in [2.05, 4.69) is 20.8 Å². The van der Waals surface area contributed by atoms with E-state index in [-0.39, 0.29) is 5.16 Å². The van der Waals surface area contributed by atoms with Gasteiger partial charge in [0.1, 0.15) is 0 Å². The molecule has 0 atom stereocenters. The van der Waals surface area contributed by atoms with Crippen molar-refractivity contribution in [3.8, 4) is 0 Å². The zero-order valence-electron chi connectivity index (χ0n) is 8.18. The van der Waals surface area contributed by atoms with Crippen molar-refractivity contribution in [3.05, 3.63) is 0 Å². The van der Waals surface area contributed by atoms with Gasteiger partial charge in [0.25, 0.3) is 0 Å². The van der Waals surface area contributed by atoms with Crippen LogP contribution in [0.15, 0.2) is 0 Å². The predicted octanol–water partition coefficient (Wildman–Crippen LogP) is 3.17. The normalized spacial score (nSPS) is 12.5. The van der Waals surface area contributed by atoms with Gasteiger partial charge in [-0.25, -0.2) is 0 Å². The van der Waals surface area contributed by atoms with Crippen molar-refractivity contribution in [3.63, 3.8) is 0 Å². The highest BCUT2D eigenvalue weighted by molar-refractivity contribution is 7.49. The van der Waals surface area contributed by atoms with Crippen LogP contribution in [0.1, 0.15) is 34.6 Å². The lowest BCUT2D eigenvalue weighted by atomic mass is 10.3. The lowest BCUT2D eigenvalue weighted by Gasteiger charge is -2.28. The van der Waals surface area contributed by atoms with E-state index in [1.54, 1.807) is 0 Å². The Balaban J connectivity index is 3.88. The van der Waals surface area contributed by atoms with Gasteiger partial charge in [-0.1, -0.05) is 20.8 Å². The van der Waals surface area contributed by atoms with Gasteiger partial charge in [-0.15, -0.1) is 0 Å². The Morgan fingerprint density at radius 2 is 1.36 bits per heavy atom. The molecular weight excluding hydrogens is 159 g/mol. The molecule has 0 radical (unpaired) electrons. The first kappa shape index (κ1) is 11.4. The van der Waals surface area contributed by atoms with Crippen molar-refractivity contribution in [2.24, 2.45) is 0 Å². The molecule has 0 heterocycles. The fraction of sp³-hybridized carbons (Fsp3) is 1.00. The van der Waals surface area contributed by atoms with Crippen LogP contribution in [0.5, 0.6) is 0 Å². The Kier molecular flexibility index (Phi) is 5.24. The smallest absolute Gasteiger partial charge is 0.176 e. The molecule has 0 saturated heterocycles. The van der Waals surface area contributed by atoms with Crippen molar-refractivity contribution >= 4 is 8.38 Å². The van der Waals surface area contributed by atoms with Gasteiger partial charge < -0.3 is 9.05 Å². The maximum atomic E-state index is 5.49. The van der Waals surface area contributed by atoms with Crippen LogP contribution in [0.25, 0.3) is 0 Å². The quantitative estimate of drug-likeness (QED) is 0.615. The van der Waals surface area contributed by atoms with E-state index < -0.39 is 8.38 Å². The summed E-state index contributed by atoms with van der Waals surface area (Å²) in [7, 11) is -0.702. The molecule has 0 spiro atoms. The van der Waals surface area contributed by atoms with Crippen molar-refractivity contribution in [2.75, 3.05) is 13.2 Å². The van der Waals surface area contributed by atoms with E-state index in [1.807, 2.05) is 13.8 Å². The molecule has 2 nitrogen and oxygen atoms in total. The van der Waals surface area contributed by atoms with Crippen LogP contribution in [-0.4, -0.2) is 18.4 Å². The minimum atomic E-state index is -0.702. The molecule has 11 heavy (non-hydrogen) atoms. The molecule has 0 bridgehead atoms. The third kappa shape index (κ3) is 4.73. The molecule has 0 aliphatic carbocycles. The molecule has 0 amide bonds. The summed E-state index contributed by atoms with van der Waals surface area (Å²) < 4.78 is 11.0. The fourth-order valence-electron chi connectivity index (χ4n) is 0.659. The predicted molar refractivity (Wildman–Crippen MR) is 49.9 cm³/mol. The van der Waals surface area contributed by atoms with Crippen molar-refractivity contribution in [1.29, 1.82) is 0 Å². The molecule has 0 rings (SSSR count). The lowest BCUT2D eigenvalue weighted by molar-refractivity contribution is 0.254. The van der Waals surface area contributed by atoms with Crippen LogP contribution in [0.4, 0.5) is 0 Å². The molecule has 0 fully saturated rings. The Hall–Kier alpha value is 0.350. The van der Waals surface area contributed by atoms with E-state index >= 15 is 0 Å². The fourth-order valence-corrected chi connectivity index (χ4v) is 1.98. The van der Waals surface area contributed by atoms with Gasteiger partial charge in [0.15, 0.2) is 8.38 Å². The van der Waals surface area contributed by atoms with E-state index in [0.29, 0.717) is 0 Å². The molecule has 0 aromatic carbocycles. The summed E-state index contributed by atoms with van der Waals surface area (Å²) in [6.45, 7) is 11.9. The van der Waals surface area contributed by atoms with Crippen molar-refractivity contribution in [2.45, 2.75) is 39.8 Å². The monoisotopic (exact) mass is 178 g/mol. The second-order valence-electron chi connectivity index (χ2n) is 3.26. The first-order chi connectivity index (χ1) is 5.02. The second-order valence-corrected chi connectivity index (χ2v) is 5.64. The van der Waals surface area contributed by atoms with Crippen molar-refractivity contribution < 1.29 is 9.05 Å². The van der Waals surface area contributed by atoms with E-state index in [0.717, 1.165) is 13.2 Å². The topological polar surface area (TPSA) is 18.5 Å². The molecule has 0 aromatic rings. The minimum Gasteiger partial charge on any atom is -0.334 e. The number of hydrogen-bond acceptors (Lipinski definition) is 2. The number of rotatable bonds is 4. The highest BCUT2D eigenvalue weighted by atomic mass is 31.2. The maximum absolute atomic E-state index is 5.49. The summed E-state index contributed by atoms with van der Waals surface area (Å²) in [6, 6.07) is 0. The molecule has 0 N–H and O–H groups in total. The van der Waals surface area contributed by atoms with E-state index in [1.165, 1.54) is 0 Å². The van der Waals surface area contributed by atoms with Gasteiger partial charge >= 0.3 is 0 Å². The Labute approximate surface area is 71.2 Å². The zero-order valence-corrected chi connectivity index (χ0v) is 9.07. The summed E-state index contributed by atoms with van der Waals surface area (Å²) in [4.78, 5) is 0. The van der Waals surface area contributed by atoms with Crippen LogP contribution < -0.4 is 0 Å². The van der Waals surface area contributed by atoms with Gasteiger partial charge in [-0.2, -0.15) is 0 Å². The van der Waals surface area contributed by atoms with Gasteiger partial charge in [0.2, 0.25) is 0 Å². The summed E-state index contributed by atoms with van der Waals surface area (Å²) in [5.41, 5.74) is 0. The average molecular weight is 178 g/mol. The second kappa shape index (κ2) is 5.08.